The molecule has 0 unspecified atom stereocenters. The predicted molar refractivity (Wildman–Crippen MR) is 131 cm³/mol. The number of halogens is 1. The van der Waals surface area contributed by atoms with Gasteiger partial charge in [-0.1, -0.05) is 42.3 Å². The number of thiazole rings is 1. The van der Waals surface area contributed by atoms with E-state index in [1.807, 2.05) is 18.2 Å². The molecular formula is C23H20ClN3O2S2. The standard InChI is InChI=1S/C23H20ClN3O2S2/c1-2-3-4-14-5-10-17-20(13-14)31-23(25-17)27-22(30)26-21(28)19-12-11-18(29-19)15-6-8-16(24)9-7-15/h5-13H,2-4H2,1H3,(H2,25,26,27,28,30). The van der Waals surface area contributed by atoms with Crippen molar-refractivity contribution in [3.05, 3.63) is 70.9 Å². The number of benzene rings is 2. The maximum Gasteiger partial charge on any atom is 0.293 e. The number of nitrogens with zero attached hydrogens (tertiary/aromatic N) is 1. The number of carbonyl (C=O) groups is 1. The Labute approximate surface area is 194 Å². The number of amides is 1. The Morgan fingerprint density at radius 1 is 1.16 bits per heavy atom. The summed E-state index contributed by atoms with van der Waals surface area (Å²) in [4.78, 5) is 17.0. The van der Waals surface area contributed by atoms with E-state index in [-0.39, 0.29) is 10.9 Å². The van der Waals surface area contributed by atoms with E-state index in [0.717, 1.165) is 28.6 Å². The van der Waals surface area contributed by atoms with Gasteiger partial charge in [-0.25, -0.2) is 4.98 Å². The SMILES string of the molecule is CCCCc1ccc2nc(NC(=S)NC(=O)c3ccc(-c4ccc(Cl)cc4)o3)sc2c1. The highest BCUT2D eigenvalue weighted by molar-refractivity contribution is 7.80. The van der Waals surface area contributed by atoms with E-state index < -0.39 is 5.91 Å². The Balaban J connectivity index is 1.39. The van der Waals surface area contributed by atoms with Crippen molar-refractivity contribution < 1.29 is 9.21 Å². The van der Waals surface area contributed by atoms with Crippen LogP contribution in [0.2, 0.25) is 5.02 Å². The Bertz CT molecular complexity index is 1230. The number of nitrogens with one attached hydrogen (secondary N) is 2. The molecule has 2 aromatic carbocycles. The molecule has 0 radical (unpaired) electrons. The van der Waals surface area contributed by atoms with E-state index in [2.05, 4.69) is 34.7 Å². The molecule has 0 spiro atoms. The van der Waals surface area contributed by atoms with Crippen molar-refractivity contribution in [2.75, 3.05) is 5.32 Å². The third-order valence-electron chi connectivity index (χ3n) is 4.68. The topological polar surface area (TPSA) is 67.2 Å². The molecule has 0 saturated heterocycles. The van der Waals surface area contributed by atoms with Crippen LogP contribution in [-0.2, 0) is 6.42 Å². The summed E-state index contributed by atoms with van der Waals surface area (Å²) in [6.07, 6.45) is 3.39. The van der Waals surface area contributed by atoms with Gasteiger partial charge < -0.3 is 9.73 Å². The molecule has 31 heavy (non-hydrogen) atoms. The van der Waals surface area contributed by atoms with Crippen LogP contribution in [0.4, 0.5) is 5.13 Å². The average molecular weight is 470 g/mol. The molecular weight excluding hydrogens is 450 g/mol. The van der Waals surface area contributed by atoms with Gasteiger partial charge in [0.05, 0.1) is 10.2 Å². The molecule has 0 atom stereocenters. The van der Waals surface area contributed by atoms with Crippen LogP contribution in [0.25, 0.3) is 21.5 Å². The van der Waals surface area contributed by atoms with Gasteiger partial charge in [0.1, 0.15) is 5.76 Å². The quantitative estimate of drug-likeness (QED) is 0.308. The van der Waals surface area contributed by atoms with Crippen molar-refractivity contribution in [2.24, 2.45) is 0 Å². The van der Waals surface area contributed by atoms with Crippen molar-refractivity contribution in [1.29, 1.82) is 0 Å². The Kier molecular flexibility index (Phi) is 6.65. The monoisotopic (exact) mass is 469 g/mol. The molecule has 0 aliphatic rings. The number of rotatable bonds is 6. The molecule has 0 saturated carbocycles. The van der Waals surface area contributed by atoms with E-state index >= 15 is 0 Å². The molecule has 0 aliphatic heterocycles. The molecule has 4 rings (SSSR count). The number of anilines is 1. The number of furan rings is 1. The van der Waals surface area contributed by atoms with Gasteiger partial charge in [-0.3, -0.25) is 10.1 Å². The molecule has 0 bridgehead atoms. The zero-order valence-electron chi connectivity index (χ0n) is 16.8. The summed E-state index contributed by atoms with van der Waals surface area (Å²) >= 11 is 12.7. The van der Waals surface area contributed by atoms with E-state index in [9.17, 15) is 4.79 Å². The second-order valence-corrected chi connectivity index (χ2v) is 8.88. The largest absolute Gasteiger partial charge is 0.451 e. The van der Waals surface area contributed by atoms with Crippen LogP contribution in [0.5, 0.6) is 0 Å². The summed E-state index contributed by atoms with van der Waals surface area (Å²) in [7, 11) is 0. The van der Waals surface area contributed by atoms with Gasteiger partial charge in [-0.05, 0) is 79.2 Å². The molecule has 0 aliphatic carbocycles. The zero-order valence-corrected chi connectivity index (χ0v) is 19.2. The van der Waals surface area contributed by atoms with Gasteiger partial charge in [-0.15, -0.1) is 0 Å². The smallest absolute Gasteiger partial charge is 0.293 e. The number of carbonyl (C=O) groups excluding carboxylic acids is 1. The van der Waals surface area contributed by atoms with Crippen LogP contribution in [0, 0.1) is 0 Å². The number of thiocarbonyl (C=S) groups is 1. The molecule has 2 heterocycles. The van der Waals surface area contributed by atoms with E-state index in [0.29, 0.717) is 15.9 Å². The summed E-state index contributed by atoms with van der Waals surface area (Å²) < 4.78 is 6.75. The summed E-state index contributed by atoms with van der Waals surface area (Å²) in [5, 5.41) is 7.06. The number of fused-ring (bicyclic) bond motifs is 1. The van der Waals surface area contributed by atoms with E-state index in [1.165, 1.54) is 23.3 Å². The van der Waals surface area contributed by atoms with Gasteiger partial charge >= 0.3 is 0 Å². The fraction of sp³-hybridized carbons (Fsp3) is 0.174. The second-order valence-electron chi connectivity index (χ2n) is 7.00. The average Bonchev–Trinajstić information content (AvgIpc) is 3.39. The molecule has 4 aromatic rings. The first-order valence-electron chi connectivity index (χ1n) is 9.89. The third-order valence-corrected chi connectivity index (χ3v) is 6.07. The maximum atomic E-state index is 12.5. The Hall–Kier alpha value is -2.74. The zero-order chi connectivity index (χ0) is 21.8. The molecule has 2 aromatic heterocycles. The lowest BCUT2D eigenvalue weighted by Gasteiger charge is -2.05. The first-order valence-corrected chi connectivity index (χ1v) is 11.5. The van der Waals surface area contributed by atoms with Crippen molar-refractivity contribution in [3.63, 3.8) is 0 Å². The lowest BCUT2D eigenvalue weighted by Crippen LogP contribution is -2.33. The highest BCUT2D eigenvalue weighted by atomic mass is 35.5. The first kappa shape index (κ1) is 21.5. The molecule has 0 fully saturated rings. The fourth-order valence-corrected chi connectivity index (χ4v) is 4.40. The Morgan fingerprint density at radius 3 is 2.74 bits per heavy atom. The van der Waals surface area contributed by atoms with Crippen LogP contribution in [0.3, 0.4) is 0 Å². The van der Waals surface area contributed by atoms with Crippen LogP contribution >= 0.6 is 35.2 Å². The minimum Gasteiger partial charge on any atom is -0.451 e. The van der Waals surface area contributed by atoms with E-state index in [1.54, 1.807) is 24.3 Å². The lowest BCUT2D eigenvalue weighted by atomic mass is 10.1. The van der Waals surface area contributed by atoms with Gasteiger partial charge in [0, 0.05) is 10.6 Å². The lowest BCUT2D eigenvalue weighted by molar-refractivity contribution is 0.0951. The first-order chi connectivity index (χ1) is 15.0. The van der Waals surface area contributed by atoms with Crippen LogP contribution in [0.1, 0.15) is 35.9 Å². The third kappa shape index (κ3) is 5.31. The summed E-state index contributed by atoms with van der Waals surface area (Å²) in [5.74, 6) is 0.311. The minimum absolute atomic E-state index is 0.166. The predicted octanol–water partition coefficient (Wildman–Crippen LogP) is 6.68. The molecule has 5 nitrogen and oxygen atoms in total. The minimum atomic E-state index is -0.430. The van der Waals surface area contributed by atoms with Gasteiger partial charge in [0.25, 0.3) is 5.91 Å². The summed E-state index contributed by atoms with van der Waals surface area (Å²) in [6, 6.07) is 16.8. The highest BCUT2D eigenvalue weighted by Gasteiger charge is 2.15. The second kappa shape index (κ2) is 9.60. The van der Waals surface area contributed by atoms with Crippen molar-refractivity contribution in [1.82, 2.24) is 10.3 Å². The number of hydrogen-bond donors (Lipinski definition) is 2. The van der Waals surface area contributed by atoms with Crippen LogP contribution in [0.15, 0.2) is 59.0 Å². The highest BCUT2D eigenvalue weighted by Crippen LogP contribution is 2.27. The number of unbranched alkanes of at least 4 members (excludes halogenated alkanes) is 1. The number of hydrogen-bond acceptors (Lipinski definition) is 5. The van der Waals surface area contributed by atoms with Crippen LogP contribution in [-0.4, -0.2) is 16.0 Å². The summed E-state index contributed by atoms with van der Waals surface area (Å²) in [5.41, 5.74) is 3.03. The van der Waals surface area contributed by atoms with Crippen LogP contribution < -0.4 is 10.6 Å². The van der Waals surface area contributed by atoms with Gasteiger partial charge in [0.2, 0.25) is 0 Å². The molecule has 158 valence electrons. The van der Waals surface area contributed by atoms with Gasteiger partial charge in [0.15, 0.2) is 16.0 Å². The van der Waals surface area contributed by atoms with Crippen molar-refractivity contribution >= 4 is 61.5 Å². The molecule has 2 N–H and O–H groups in total. The number of aromatic nitrogens is 1. The maximum absolute atomic E-state index is 12.5. The fourth-order valence-electron chi connectivity index (χ4n) is 3.08. The van der Waals surface area contributed by atoms with Crippen molar-refractivity contribution in [3.8, 4) is 11.3 Å². The van der Waals surface area contributed by atoms with Gasteiger partial charge in [-0.2, -0.15) is 0 Å². The molecule has 8 heteroatoms. The summed E-state index contributed by atoms with van der Waals surface area (Å²) in [6.45, 7) is 2.18. The van der Waals surface area contributed by atoms with Crippen molar-refractivity contribution in [2.45, 2.75) is 26.2 Å². The normalized spacial score (nSPS) is 10.9. The van der Waals surface area contributed by atoms with E-state index in [4.69, 9.17) is 28.2 Å². The Morgan fingerprint density at radius 2 is 1.97 bits per heavy atom. The molecule has 1 amide bonds. The number of aryl methyl sites for hydroxylation is 1.